The van der Waals surface area contributed by atoms with Crippen molar-refractivity contribution in [3.63, 3.8) is 0 Å². The van der Waals surface area contributed by atoms with Crippen LogP contribution in [0.1, 0.15) is 5.56 Å². The third kappa shape index (κ3) is 3.81. The van der Waals surface area contributed by atoms with E-state index in [-0.39, 0.29) is 17.4 Å². The Hall–Kier alpha value is -1.85. The molecule has 2 rings (SSSR count). The Morgan fingerprint density at radius 2 is 1.74 bits per heavy atom. The molecule has 2 N–H and O–H groups in total. The van der Waals surface area contributed by atoms with Crippen LogP contribution >= 0.6 is 0 Å². The zero-order valence-corrected chi connectivity index (χ0v) is 11.1. The van der Waals surface area contributed by atoms with Gasteiger partial charge in [0.2, 0.25) is 9.84 Å². The molecule has 0 radical (unpaired) electrons. The predicted molar refractivity (Wildman–Crippen MR) is 74.1 cm³/mol. The van der Waals surface area contributed by atoms with Gasteiger partial charge in [0.1, 0.15) is 0 Å². The molecule has 5 heteroatoms. The number of ether oxygens (including phenoxy) is 1. The topological polar surface area (TPSA) is 69.4 Å². The van der Waals surface area contributed by atoms with Crippen molar-refractivity contribution >= 4 is 15.5 Å². The molecule has 0 aromatic heterocycles. The zero-order chi connectivity index (χ0) is 13.7. The second-order valence-electron chi connectivity index (χ2n) is 4.14. The summed E-state index contributed by atoms with van der Waals surface area (Å²) in [4.78, 5) is 0.181. The Kier molecular flexibility index (Phi) is 4.19. The van der Waals surface area contributed by atoms with Crippen LogP contribution in [0.15, 0.2) is 59.5 Å². The van der Waals surface area contributed by atoms with Crippen LogP contribution in [-0.4, -0.2) is 14.4 Å². The summed E-state index contributed by atoms with van der Waals surface area (Å²) < 4.78 is 29.2. The van der Waals surface area contributed by atoms with Gasteiger partial charge in [0, 0.05) is 5.69 Å². The molecule has 0 fully saturated rings. The molecule has 4 nitrogen and oxygen atoms in total. The summed E-state index contributed by atoms with van der Waals surface area (Å²) in [5.41, 5.74) is 6.93. The minimum absolute atomic E-state index is 0.181. The molecule has 0 aliphatic rings. The molecule has 19 heavy (non-hydrogen) atoms. The summed E-state index contributed by atoms with van der Waals surface area (Å²) in [5, 5.41) is 0. The third-order valence-corrected chi connectivity index (χ3v) is 4.02. The zero-order valence-electron chi connectivity index (χ0n) is 10.3. The van der Waals surface area contributed by atoms with Gasteiger partial charge in [0.25, 0.3) is 0 Å². The van der Waals surface area contributed by atoms with Crippen molar-refractivity contribution in [1.29, 1.82) is 0 Å². The summed E-state index contributed by atoms with van der Waals surface area (Å²) >= 11 is 0. The molecule has 0 saturated carbocycles. The van der Waals surface area contributed by atoms with Gasteiger partial charge in [-0.25, -0.2) is 8.42 Å². The smallest absolute Gasteiger partial charge is 0.202 e. The summed E-state index contributed by atoms with van der Waals surface area (Å²) in [6.45, 7) is 0.266. The van der Waals surface area contributed by atoms with Crippen molar-refractivity contribution < 1.29 is 13.2 Å². The van der Waals surface area contributed by atoms with E-state index in [2.05, 4.69) is 0 Å². The van der Waals surface area contributed by atoms with Gasteiger partial charge < -0.3 is 10.5 Å². The molecule has 2 aromatic rings. The highest BCUT2D eigenvalue weighted by Gasteiger charge is 2.14. The number of hydrogen-bond donors (Lipinski definition) is 1. The van der Waals surface area contributed by atoms with E-state index in [9.17, 15) is 8.42 Å². The fourth-order valence-electron chi connectivity index (χ4n) is 1.62. The van der Waals surface area contributed by atoms with Crippen LogP contribution in [0.25, 0.3) is 0 Å². The lowest BCUT2D eigenvalue weighted by Crippen LogP contribution is -2.10. The van der Waals surface area contributed by atoms with Crippen molar-refractivity contribution in [2.75, 3.05) is 11.7 Å². The summed E-state index contributed by atoms with van der Waals surface area (Å²) in [5.74, 6) is -0.356. The van der Waals surface area contributed by atoms with Crippen molar-refractivity contribution in [3.05, 3.63) is 60.2 Å². The van der Waals surface area contributed by atoms with Crippen LogP contribution in [-0.2, 0) is 21.2 Å². The molecular formula is C14H15NO3S. The van der Waals surface area contributed by atoms with E-state index in [4.69, 9.17) is 10.5 Å². The average molecular weight is 277 g/mol. The maximum Gasteiger partial charge on any atom is 0.202 e. The molecule has 0 aliphatic heterocycles. The largest absolute Gasteiger partial charge is 0.399 e. The van der Waals surface area contributed by atoms with Gasteiger partial charge in [-0.05, 0) is 23.8 Å². The van der Waals surface area contributed by atoms with Crippen LogP contribution < -0.4 is 5.73 Å². The standard InChI is InChI=1S/C14H15NO3S/c15-13-7-4-8-14(9-13)19(16,17)11-18-10-12-5-2-1-3-6-12/h1-9H,10-11,15H2. The van der Waals surface area contributed by atoms with Crippen LogP contribution in [0.3, 0.4) is 0 Å². The second-order valence-corrected chi connectivity index (χ2v) is 6.08. The van der Waals surface area contributed by atoms with Crippen LogP contribution in [0, 0.1) is 0 Å². The second kappa shape index (κ2) is 5.86. The lowest BCUT2D eigenvalue weighted by molar-refractivity contribution is 0.163. The molecule has 0 aliphatic carbocycles. The van der Waals surface area contributed by atoms with E-state index in [1.165, 1.54) is 12.1 Å². The minimum Gasteiger partial charge on any atom is -0.399 e. The monoisotopic (exact) mass is 277 g/mol. The summed E-state index contributed by atoms with van der Waals surface area (Å²) in [6, 6.07) is 15.6. The number of nitrogens with two attached hydrogens (primary N) is 1. The molecule has 0 saturated heterocycles. The van der Waals surface area contributed by atoms with Gasteiger partial charge in [0.05, 0.1) is 11.5 Å². The van der Waals surface area contributed by atoms with Gasteiger partial charge in [-0.15, -0.1) is 0 Å². The van der Waals surface area contributed by atoms with E-state index < -0.39 is 9.84 Å². The molecule has 100 valence electrons. The van der Waals surface area contributed by atoms with E-state index >= 15 is 0 Å². The summed E-state index contributed by atoms with van der Waals surface area (Å²) in [7, 11) is -3.46. The lowest BCUT2D eigenvalue weighted by Gasteiger charge is -2.06. The van der Waals surface area contributed by atoms with Gasteiger partial charge in [-0.2, -0.15) is 0 Å². The summed E-state index contributed by atoms with van der Waals surface area (Å²) in [6.07, 6.45) is 0. The number of rotatable bonds is 5. The lowest BCUT2D eigenvalue weighted by atomic mass is 10.2. The fourth-order valence-corrected chi connectivity index (χ4v) is 2.66. The highest BCUT2D eigenvalue weighted by molar-refractivity contribution is 7.91. The predicted octanol–water partition coefficient (Wildman–Crippen LogP) is 2.22. The highest BCUT2D eigenvalue weighted by Crippen LogP contribution is 2.15. The number of hydrogen-bond acceptors (Lipinski definition) is 4. The van der Waals surface area contributed by atoms with Crippen molar-refractivity contribution in [2.45, 2.75) is 11.5 Å². The van der Waals surface area contributed by atoms with Crippen molar-refractivity contribution in [3.8, 4) is 0 Å². The average Bonchev–Trinajstić information content (AvgIpc) is 2.40. The minimum atomic E-state index is -3.46. The Bertz CT molecular complexity index is 639. The first kappa shape index (κ1) is 13.6. The first-order chi connectivity index (χ1) is 9.08. The molecule has 0 amide bonds. The Morgan fingerprint density at radius 1 is 1.00 bits per heavy atom. The van der Waals surface area contributed by atoms with Crippen molar-refractivity contribution in [1.82, 2.24) is 0 Å². The van der Waals surface area contributed by atoms with Gasteiger partial charge in [-0.3, -0.25) is 0 Å². The number of benzene rings is 2. The Morgan fingerprint density at radius 3 is 2.42 bits per heavy atom. The maximum absolute atomic E-state index is 12.0. The van der Waals surface area contributed by atoms with Gasteiger partial charge >= 0.3 is 0 Å². The quantitative estimate of drug-likeness (QED) is 0.851. The first-order valence-corrected chi connectivity index (χ1v) is 7.43. The SMILES string of the molecule is Nc1cccc(S(=O)(=O)COCc2ccccc2)c1. The van der Waals surface area contributed by atoms with Gasteiger partial charge in [0.15, 0.2) is 5.94 Å². The molecule has 0 heterocycles. The fraction of sp³-hybridized carbons (Fsp3) is 0.143. The highest BCUT2D eigenvalue weighted by atomic mass is 32.2. The molecule has 0 spiro atoms. The van der Waals surface area contributed by atoms with E-state index in [0.29, 0.717) is 5.69 Å². The molecule has 0 unspecified atom stereocenters. The van der Waals surface area contributed by atoms with Crippen molar-refractivity contribution in [2.24, 2.45) is 0 Å². The molecule has 0 atom stereocenters. The van der Waals surface area contributed by atoms with Crippen LogP contribution in [0.2, 0.25) is 0 Å². The molecule has 2 aromatic carbocycles. The van der Waals surface area contributed by atoms with E-state index in [1.807, 2.05) is 30.3 Å². The number of nitrogen functional groups attached to an aromatic ring is 1. The molecular weight excluding hydrogens is 262 g/mol. The Labute approximate surface area is 112 Å². The maximum atomic E-state index is 12.0. The van der Waals surface area contributed by atoms with Crippen LogP contribution in [0.5, 0.6) is 0 Å². The first-order valence-electron chi connectivity index (χ1n) is 5.78. The number of sulfone groups is 1. The Balaban J connectivity index is 1.99. The normalized spacial score (nSPS) is 11.4. The van der Waals surface area contributed by atoms with Gasteiger partial charge in [-0.1, -0.05) is 36.4 Å². The number of anilines is 1. The third-order valence-electron chi connectivity index (χ3n) is 2.57. The van der Waals surface area contributed by atoms with E-state index in [0.717, 1.165) is 5.56 Å². The molecule has 0 bridgehead atoms. The van der Waals surface area contributed by atoms with E-state index in [1.54, 1.807) is 12.1 Å². The van der Waals surface area contributed by atoms with Crippen LogP contribution in [0.4, 0.5) is 5.69 Å².